The summed E-state index contributed by atoms with van der Waals surface area (Å²) in [6.45, 7) is 2.10. The van der Waals surface area contributed by atoms with Gasteiger partial charge in [0.25, 0.3) is 0 Å². The van der Waals surface area contributed by atoms with Gasteiger partial charge < -0.3 is 0 Å². The Kier molecular flexibility index (Phi) is 2.06. The number of pyridine rings is 2. The standard InChI is InChI=1S/C17H12N2/c1-11-4-7-15-14(9-11)10-13-6-5-12-3-2-8-18-16(12)17(13)19-15/h2-10H,1H3. The summed E-state index contributed by atoms with van der Waals surface area (Å²) in [5, 5.41) is 3.46. The van der Waals surface area contributed by atoms with Gasteiger partial charge in [-0.3, -0.25) is 4.98 Å². The summed E-state index contributed by atoms with van der Waals surface area (Å²) in [5.41, 5.74) is 4.24. The third kappa shape index (κ3) is 1.57. The maximum atomic E-state index is 4.78. The molecule has 0 saturated heterocycles. The van der Waals surface area contributed by atoms with Crippen molar-refractivity contribution in [2.24, 2.45) is 0 Å². The number of benzene rings is 2. The minimum absolute atomic E-state index is 0.975. The molecule has 0 fully saturated rings. The summed E-state index contributed by atoms with van der Waals surface area (Å²) >= 11 is 0. The van der Waals surface area contributed by atoms with Gasteiger partial charge in [-0.25, -0.2) is 4.98 Å². The fourth-order valence-electron chi connectivity index (χ4n) is 2.56. The second-order valence-electron chi connectivity index (χ2n) is 4.90. The Bertz CT molecular complexity index is 926. The zero-order chi connectivity index (χ0) is 12.8. The maximum Gasteiger partial charge on any atom is 0.0972 e. The molecule has 2 nitrogen and oxygen atoms in total. The summed E-state index contributed by atoms with van der Waals surface area (Å²) in [5.74, 6) is 0. The van der Waals surface area contributed by atoms with Gasteiger partial charge in [0.1, 0.15) is 0 Å². The predicted octanol–water partition coefficient (Wildman–Crippen LogP) is 4.24. The first-order valence-electron chi connectivity index (χ1n) is 6.36. The fourth-order valence-corrected chi connectivity index (χ4v) is 2.56. The predicted molar refractivity (Wildman–Crippen MR) is 79.3 cm³/mol. The van der Waals surface area contributed by atoms with Crippen LogP contribution in [0.1, 0.15) is 5.56 Å². The Morgan fingerprint density at radius 3 is 2.63 bits per heavy atom. The lowest BCUT2D eigenvalue weighted by molar-refractivity contribution is 1.40. The van der Waals surface area contributed by atoms with Gasteiger partial charge >= 0.3 is 0 Å². The van der Waals surface area contributed by atoms with Crippen LogP contribution in [0.2, 0.25) is 0 Å². The van der Waals surface area contributed by atoms with Crippen LogP contribution >= 0.6 is 0 Å². The molecule has 2 heteroatoms. The van der Waals surface area contributed by atoms with E-state index in [1.807, 2.05) is 12.3 Å². The quantitative estimate of drug-likeness (QED) is 0.341. The number of rotatable bonds is 0. The molecule has 0 aliphatic heterocycles. The Morgan fingerprint density at radius 2 is 1.68 bits per heavy atom. The minimum atomic E-state index is 0.975. The number of hydrogen-bond donors (Lipinski definition) is 0. The van der Waals surface area contributed by atoms with Crippen molar-refractivity contribution in [1.29, 1.82) is 0 Å². The number of hydrogen-bond acceptors (Lipinski definition) is 2. The molecule has 0 unspecified atom stereocenters. The lowest BCUT2D eigenvalue weighted by atomic mass is 10.1. The van der Waals surface area contributed by atoms with Gasteiger partial charge in [-0.15, -0.1) is 0 Å². The van der Waals surface area contributed by atoms with Crippen LogP contribution in [0.15, 0.2) is 54.7 Å². The summed E-state index contributed by atoms with van der Waals surface area (Å²) in [6.07, 6.45) is 1.82. The maximum absolute atomic E-state index is 4.78. The highest BCUT2D eigenvalue weighted by Crippen LogP contribution is 2.25. The van der Waals surface area contributed by atoms with Crippen molar-refractivity contribution in [3.8, 4) is 0 Å². The van der Waals surface area contributed by atoms with Crippen LogP contribution in [0, 0.1) is 6.92 Å². The van der Waals surface area contributed by atoms with E-state index in [0.717, 1.165) is 27.3 Å². The average molecular weight is 244 g/mol. The molecule has 0 atom stereocenters. The van der Waals surface area contributed by atoms with E-state index in [4.69, 9.17) is 4.98 Å². The van der Waals surface area contributed by atoms with E-state index in [1.54, 1.807) is 0 Å². The Morgan fingerprint density at radius 1 is 0.789 bits per heavy atom. The van der Waals surface area contributed by atoms with Gasteiger partial charge in [0.2, 0.25) is 0 Å². The zero-order valence-corrected chi connectivity index (χ0v) is 10.6. The summed E-state index contributed by atoms with van der Waals surface area (Å²) in [6, 6.07) is 16.8. The molecule has 0 radical (unpaired) electrons. The molecule has 2 aromatic carbocycles. The largest absolute Gasteiger partial charge is 0.254 e. The summed E-state index contributed by atoms with van der Waals surface area (Å²) < 4.78 is 0. The third-order valence-corrected chi connectivity index (χ3v) is 3.51. The van der Waals surface area contributed by atoms with Gasteiger partial charge in [0, 0.05) is 22.4 Å². The first-order chi connectivity index (χ1) is 9.31. The third-order valence-electron chi connectivity index (χ3n) is 3.51. The van der Waals surface area contributed by atoms with E-state index in [0.29, 0.717) is 0 Å². The molecule has 0 bridgehead atoms. The molecule has 90 valence electrons. The van der Waals surface area contributed by atoms with Gasteiger partial charge in [0.15, 0.2) is 0 Å². The molecule has 2 aromatic heterocycles. The highest BCUT2D eigenvalue weighted by molar-refractivity contribution is 6.06. The van der Waals surface area contributed by atoms with Crippen molar-refractivity contribution in [2.75, 3.05) is 0 Å². The molecular formula is C17H12N2. The van der Waals surface area contributed by atoms with Gasteiger partial charge in [-0.05, 0) is 31.2 Å². The van der Waals surface area contributed by atoms with E-state index < -0.39 is 0 Å². The second-order valence-corrected chi connectivity index (χ2v) is 4.90. The zero-order valence-electron chi connectivity index (χ0n) is 10.6. The van der Waals surface area contributed by atoms with Crippen LogP contribution in [-0.4, -0.2) is 9.97 Å². The SMILES string of the molecule is Cc1ccc2nc3c(ccc4cccnc43)cc2c1. The average Bonchev–Trinajstić information content (AvgIpc) is 2.45. The normalized spacial score (nSPS) is 11.4. The van der Waals surface area contributed by atoms with Crippen LogP contribution in [0.3, 0.4) is 0 Å². The topological polar surface area (TPSA) is 25.8 Å². The molecular weight excluding hydrogens is 232 g/mol. The first-order valence-corrected chi connectivity index (χ1v) is 6.36. The Labute approximate surface area is 110 Å². The molecule has 0 aliphatic rings. The van der Waals surface area contributed by atoms with Crippen molar-refractivity contribution in [2.45, 2.75) is 6.92 Å². The van der Waals surface area contributed by atoms with Crippen LogP contribution in [-0.2, 0) is 0 Å². The summed E-state index contributed by atoms with van der Waals surface area (Å²) in [7, 11) is 0. The molecule has 4 rings (SSSR count). The second kappa shape index (κ2) is 3.75. The van der Waals surface area contributed by atoms with Crippen LogP contribution in [0.25, 0.3) is 32.7 Å². The van der Waals surface area contributed by atoms with E-state index in [-0.39, 0.29) is 0 Å². The van der Waals surface area contributed by atoms with Gasteiger partial charge in [-0.1, -0.05) is 29.8 Å². The van der Waals surface area contributed by atoms with Crippen LogP contribution in [0.5, 0.6) is 0 Å². The smallest absolute Gasteiger partial charge is 0.0972 e. The molecule has 19 heavy (non-hydrogen) atoms. The number of fused-ring (bicyclic) bond motifs is 4. The van der Waals surface area contributed by atoms with E-state index in [9.17, 15) is 0 Å². The van der Waals surface area contributed by atoms with Crippen molar-refractivity contribution >= 4 is 32.7 Å². The van der Waals surface area contributed by atoms with Crippen molar-refractivity contribution in [1.82, 2.24) is 9.97 Å². The lowest BCUT2D eigenvalue weighted by Gasteiger charge is -2.05. The highest BCUT2D eigenvalue weighted by atomic mass is 14.7. The molecule has 0 saturated carbocycles. The van der Waals surface area contributed by atoms with E-state index >= 15 is 0 Å². The van der Waals surface area contributed by atoms with Gasteiger partial charge in [0.05, 0.1) is 16.6 Å². The fraction of sp³-hybridized carbons (Fsp3) is 0.0588. The lowest BCUT2D eigenvalue weighted by Crippen LogP contribution is -1.87. The molecule has 0 aliphatic carbocycles. The first kappa shape index (κ1) is 10.4. The highest BCUT2D eigenvalue weighted by Gasteiger charge is 2.05. The van der Waals surface area contributed by atoms with E-state index in [2.05, 4.69) is 54.4 Å². The molecule has 0 N–H and O–H groups in total. The Hall–Kier alpha value is -2.48. The van der Waals surface area contributed by atoms with Crippen molar-refractivity contribution in [3.05, 3.63) is 60.3 Å². The molecule has 2 heterocycles. The Balaban J connectivity index is 2.22. The van der Waals surface area contributed by atoms with Crippen molar-refractivity contribution < 1.29 is 0 Å². The monoisotopic (exact) mass is 244 g/mol. The number of aryl methyl sites for hydroxylation is 1. The number of nitrogens with zero attached hydrogens (tertiary/aromatic N) is 2. The molecule has 0 amide bonds. The molecule has 0 spiro atoms. The number of aromatic nitrogens is 2. The van der Waals surface area contributed by atoms with Crippen LogP contribution in [0.4, 0.5) is 0 Å². The van der Waals surface area contributed by atoms with Crippen molar-refractivity contribution in [3.63, 3.8) is 0 Å². The van der Waals surface area contributed by atoms with E-state index in [1.165, 1.54) is 10.9 Å². The molecule has 4 aromatic rings. The van der Waals surface area contributed by atoms with Crippen LogP contribution < -0.4 is 0 Å². The van der Waals surface area contributed by atoms with Gasteiger partial charge in [-0.2, -0.15) is 0 Å². The summed E-state index contributed by atoms with van der Waals surface area (Å²) in [4.78, 5) is 9.26. The minimum Gasteiger partial charge on any atom is -0.254 e.